The SMILES string of the molecule is Cc1ccccc1[C@H](Sc1nnc(N2CCOCC2)n1C1CC1)c1ccccc1. The van der Waals surface area contributed by atoms with Gasteiger partial charge in [0.25, 0.3) is 0 Å². The second-order valence-corrected chi connectivity index (χ2v) is 8.82. The van der Waals surface area contributed by atoms with E-state index in [-0.39, 0.29) is 5.25 Å². The maximum absolute atomic E-state index is 5.53. The first-order chi connectivity index (χ1) is 14.3. The molecule has 2 fully saturated rings. The number of hydrogen-bond acceptors (Lipinski definition) is 5. The summed E-state index contributed by atoms with van der Waals surface area (Å²) in [5.74, 6) is 1.01. The Labute approximate surface area is 176 Å². The topological polar surface area (TPSA) is 43.2 Å². The molecule has 6 heteroatoms. The number of benzene rings is 2. The van der Waals surface area contributed by atoms with E-state index in [4.69, 9.17) is 4.74 Å². The maximum atomic E-state index is 5.53. The summed E-state index contributed by atoms with van der Waals surface area (Å²) >= 11 is 1.82. The highest BCUT2D eigenvalue weighted by molar-refractivity contribution is 7.99. The zero-order valence-corrected chi connectivity index (χ0v) is 17.5. The van der Waals surface area contributed by atoms with E-state index in [2.05, 4.69) is 81.2 Å². The summed E-state index contributed by atoms with van der Waals surface area (Å²) < 4.78 is 7.91. The van der Waals surface area contributed by atoms with Gasteiger partial charge >= 0.3 is 0 Å². The second kappa shape index (κ2) is 8.20. The summed E-state index contributed by atoms with van der Waals surface area (Å²) in [6, 6.07) is 19.9. The monoisotopic (exact) mass is 406 g/mol. The molecule has 0 amide bonds. The van der Waals surface area contributed by atoms with E-state index in [1.165, 1.54) is 29.5 Å². The van der Waals surface area contributed by atoms with Crippen LogP contribution in [-0.2, 0) is 4.74 Å². The average molecular weight is 407 g/mol. The van der Waals surface area contributed by atoms with Gasteiger partial charge in [-0.2, -0.15) is 0 Å². The predicted octanol–water partition coefficient (Wildman–Crippen LogP) is 4.64. The Morgan fingerprint density at radius 1 is 0.966 bits per heavy atom. The Kier molecular flexibility index (Phi) is 5.29. The van der Waals surface area contributed by atoms with E-state index >= 15 is 0 Å². The van der Waals surface area contributed by atoms with Crippen molar-refractivity contribution in [1.82, 2.24) is 14.8 Å². The van der Waals surface area contributed by atoms with Crippen molar-refractivity contribution in [3.63, 3.8) is 0 Å². The molecule has 29 heavy (non-hydrogen) atoms. The van der Waals surface area contributed by atoms with E-state index in [9.17, 15) is 0 Å². The van der Waals surface area contributed by atoms with Crippen molar-refractivity contribution in [2.75, 3.05) is 31.2 Å². The second-order valence-electron chi connectivity index (χ2n) is 7.75. The van der Waals surface area contributed by atoms with Gasteiger partial charge in [0, 0.05) is 19.1 Å². The van der Waals surface area contributed by atoms with Crippen molar-refractivity contribution in [1.29, 1.82) is 0 Å². The number of morpholine rings is 1. The quantitative estimate of drug-likeness (QED) is 0.558. The van der Waals surface area contributed by atoms with Gasteiger partial charge in [0.2, 0.25) is 5.95 Å². The summed E-state index contributed by atoms with van der Waals surface area (Å²) in [5, 5.41) is 10.5. The molecule has 0 unspecified atom stereocenters. The largest absolute Gasteiger partial charge is 0.378 e. The molecule has 2 heterocycles. The van der Waals surface area contributed by atoms with Crippen LogP contribution in [0.25, 0.3) is 0 Å². The highest BCUT2D eigenvalue weighted by Gasteiger charge is 2.33. The summed E-state index contributed by atoms with van der Waals surface area (Å²) in [4.78, 5) is 2.32. The number of aryl methyl sites for hydroxylation is 1. The van der Waals surface area contributed by atoms with Crippen molar-refractivity contribution in [2.45, 2.75) is 36.2 Å². The fourth-order valence-corrected chi connectivity index (χ4v) is 5.23. The summed E-state index contributed by atoms with van der Waals surface area (Å²) in [7, 11) is 0. The fourth-order valence-electron chi connectivity index (χ4n) is 3.91. The van der Waals surface area contributed by atoms with Crippen LogP contribution in [0.3, 0.4) is 0 Å². The summed E-state index contributed by atoms with van der Waals surface area (Å²) in [6.07, 6.45) is 2.42. The third-order valence-corrected chi connectivity index (χ3v) is 6.90. The van der Waals surface area contributed by atoms with Crippen LogP contribution < -0.4 is 4.90 Å². The zero-order chi connectivity index (χ0) is 19.6. The first-order valence-electron chi connectivity index (χ1n) is 10.4. The zero-order valence-electron chi connectivity index (χ0n) is 16.7. The Bertz CT molecular complexity index is 964. The van der Waals surface area contributed by atoms with Gasteiger partial charge in [-0.3, -0.25) is 4.57 Å². The average Bonchev–Trinajstić information content (AvgIpc) is 3.53. The smallest absolute Gasteiger partial charge is 0.228 e. The number of hydrogen-bond donors (Lipinski definition) is 0. The standard InChI is InChI=1S/C23H26N4OS/c1-17-7-5-6-10-20(17)21(18-8-3-2-4-9-18)29-23-25-24-22(27(23)19-11-12-19)26-13-15-28-16-14-26/h2-10,19,21H,11-16H2,1H3/t21-/m1/s1. The number of nitrogens with zero attached hydrogens (tertiary/aromatic N) is 4. The number of rotatable bonds is 6. The fraction of sp³-hybridized carbons (Fsp3) is 0.391. The van der Waals surface area contributed by atoms with Crippen molar-refractivity contribution in [3.05, 3.63) is 71.3 Å². The van der Waals surface area contributed by atoms with Crippen LogP contribution in [-0.4, -0.2) is 41.1 Å². The minimum atomic E-state index is 0.191. The number of aromatic nitrogens is 3. The van der Waals surface area contributed by atoms with Gasteiger partial charge in [-0.25, -0.2) is 0 Å². The van der Waals surface area contributed by atoms with Crippen molar-refractivity contribution < 1.29 is 4.74 Å². The maximum Gasteiger partial charge on any atom is 0.228 e. The van der Waals surface area contributed by atoms with Gasteiger partial charge in [0.15, 0.2) is 5.16 Å². The lowest BCUT2D eigenvalue weighted by Crippen LogP contribution is -2.38. The Morgan fingerprint density at radius 2 is 1.69 bits per heavy atom. The van der Waals surface area contributed by atoms with Crippen LogP contribution in [0.2, 0.25) is 0 Å². The number of thioether (sulfide) groups is 1. The van der Waals surface area contributed by atoms with Crippen LogP contribution in [0.1, 0.15) is 40.8 Å². The van der Waals surface area contributed by atoms with Crippen molar-refractivity contribution >= 4 is 17.7 Å². The van der Waals surface area contributed by atoms with E-state index in [1.54, 1.807) is 0 Å². The highest BCUT2D eigenvalue weighted by atomic mass is 32.2. The molecule has 1 atom stereocenters. The number of anilines is 1. The Morgan fingerprint density at radius 3 is 2.41 bits per heavy atom. The molecule has 1 saturated heterocycles. The third-order valence-electron chi connectivity index (χ3n) is 5.65. The molecule has 2 aromatic carbocycles. The Hall–Kier alpha value is -2.31. The first kappa shape index (κ1) is 18.7. The van der Waals surface area contributed by atoms with Gasteiger partial charge in [-0.15, -0.1) is 10.2 Å². The van der Waals surface area contributed by atoms with Crippen LogP contribution in [0.4, 0.5) is 5.95 Å². The molecule has 0 spiro atoms. The van der Waals surface area contributed by atoms with Crippen molar-refractivity contribution in [2.24, 2.45) is 0 Å². The summed E-state index contributed by atoms with van der Waals surface area (Å²) in [6.45, 7) is 5.48. The molecular weight excluding hydrogens is 380 g/mol. The van der Waals surface area contributed by atoms with Gasteiger partial charge in [-0.1, -0.05) is 66.4 Å². The molecule has 150 valence electrons. The van der Waals surface area contributed by atoms with E-state index in [0.29, 0.717) is 6.04 Å². The molecule has 0 bridgehead atoms. The van der Waals surface area contributed by atoms with Crippen LogP contribution in [0.15, 0.2) is 59.8 Å². The van der Waals surface area contributed by atoms with Gasteiger partial charge in [-0.05, 0) is 36.5 Å². The van der Waals surface area contributed by atoms with Gasteiger partial charge in [0.1, 0.15) is 0 Å². The van der Waals surface area contributed by atoms with E-state index < -0.39 is 0 Å². The van der Waals surface area contributed by atoms with Gasteiger partial charge < -0.3 is 9.64 Å². The molecule has 1 aliphatic carbocycles. The molecule has 5 nitrogen and oxygen atoms in total. The highest BCUT2D eigenvalue weighted by Crippen LogP contribution is 2.46. The predicted molar refractivity (Wildman–Crippen MR) is 117 cm³/mol. The molecule has 0 radical (unpaired) electrons. The van der Waals surface area contributed by atoms with Crippen LogP contribution >= 0.6 is 11.8 Å². The summed E-state index contributed by atoms with van der Waals surface area (Å²) in [5.41, 5.74) is 3.94. The van der Waals surface area contributed by atoms with Crippen LogP contribution in [0.5, 0.6) is 0 Å². The normalized spacial score (nSPS) is 18.0. The molecule has 3 aromatic rings. The van der Waals surface area contributed by atoms with Crippen LogP contribution in [0, 0.1) is 6.92 Å². The minimum Gasteiger partial charge on any atom is -0.378 e. The lowest BCUT2D eigenvalue weighted by molar-refractivity contribution is 0.121. The molecule has 1 aliphatic heterocycles. The third kappa shape index (κ3) is 3.91. The molecule has 2 aliphatic rings. The molecule has 0 N–H and O–H groups in total. The lowest BCUT2D eigenvalue weighted by atomic mass is 10.0. The molecule has 1 saturated carbocycles. The minimum absolute atomic E-state index is 0.191. The van der Waals surface area contributed by atoms with Crippen molar-refractivity contribution in [3.8, 4) is 0 Å². The number of ether oxygens (including phenoxy) is 1. The van der Waals surface area contributed by atoms with Gasteiger partial charge in [0.05, 0.1) is 18.5 Å². The molecule has 1 aromatic heterocycles. The first-order valence-corrected chi connectivity index (χ1v) is 11.2. The Balaban J connectivity index is 1.52. The molecular formula is C23H26N4OS. The lowest BCUT2D eigenvalue weighted by Gasteiger charge is -2.28. The molecule has 5 rings (SSSR count). The van der Waals surface area contributed by atoms with E-state index in [1.807, 2.05) is 11.8 Å². The van der Waals surface area contributed by atoms with E-state index in [0.717, 1.165) is 37.4 Å².